The van der Waals surface area contributed by atoms with Crippen LogP contribution in [-0.4, -0.2) is 18.6 Å². The zero-order valence-corrected chi connectivity index (χ0v) is 13.5. The zero-order chi connectivity index (χ0) is 16.6. The van der Waals surface area contributed by atoms with Crippen molar-refractivity contribution in [1.29, 1.82) is 0 Å². The second kappa shape index (κ2) is 4.50. The molecule has 4 aliphatic rings. The van der Waals surface area contributed by atoms with Crippen molar-refractivity contribution >= 4 is 17.5 Å². The maximum atomic E-state index is 13.0. The number of carbonyl (C=O) groups is 2. The lowest BCUT2D eigenvalue weighted by Gasteiger charge is -2.19. The highest BCUT2D eigenvalue weighted by molar-refractivity contribution is 6.23. The Kier molecular flexibility index (Phi) is 2.59. The predicted molar refractivity (Wildman–Crippen MR) is 86.5 cm³/mol. The molecular formula is C19H17NO4. The number of benzene rings is 1. The van der Waals surface area contributed by atoms with Crippen molar-refractivity contribution in [2.75, 3.05) is 11.7 Å². The van der Waals surface area contributed by atoms with E-state index < -0.39 is 0 Å². The molecule has 5 nitrogen and oxygen atoms in total. The lowest BCUT2D eigenvalue weighted by molar-refractivity contribution is -0.122. The molecule has 0 radical (unpaired) electrons. The van der Waals surface area contributed by atoms with E-state index >= 15 is 0 Å². The van der Waals surface area contributed by atoms with E-state index in [1.54, 1.807) is 18.2 Å². The first kappa shape index (κ1) is 13.8. The highest BCUT2D eigenvalue weighted by Crippen LogP contribution is 2.57. The molecular weight excluding hydrogens is 306 g/mol. The molecule has 0 N–H and O–H groups in total. The average molecular weight is 323 g/mol. The minimum atomic E-state index is -0.261. The second-order valence-corrected chi connectivity index (χ2v) is 6.99. The molecule has 2 bridgehead atoms. The molecule has 2 aliphatic carbocycles. The molecule has 24 heavy (non-hydrogen) atoms. The topological polar surface area (TPSA) is 55.8 Å². The first-order chi connectivity index (χ1) is 11.6. The molecule has 1 aromatic rings. The van der Waals surface area contributed by atoms with Crippen LogP contribution in [0, 0.1) is 23.7 Å². The van der Waals surface area contributed by atoms with E-state index in [9.17, 15) is 9.59 Å². The normalized spacial score (nSPS) is 32.1. The molecule has 2 fully saturated rings. The standard InChI is InChI=1S/C19H17NO4/c1-9(2)15-11-4-5-12(15)17-16(11)18(21)20(19(17)22)10-3-6-13-14(7-10)24-8-23-13/h3-7,11-12,16-17H,8H2,1-2H3/t11-,12-,16+,17+/m0/s1. The molecule has 2 heterocycles. The fraction of sp³-hybridized carbons (Fsp3) is 0.368. The summed E-state index contributed by atoms with van der Waals surface area (Å²) in [6, 6.07) is 5.22. The van der Waals surface area contributed by atoms with Gasteiger partial charge in [-0.1, -0.05) is 23.3 Å². The third kappa shape index (κ3) is 1.54. The zero-order valence-electron chi connectivity index (χ0n) is 13.5. The molecule has 1 saturated carbocycles. The maximum Gasteiger partial charge on any atom is 0.238 e. The number of rotatable bonds is 1. The van der Waals surface area contributed by atoms with Gasteiger partial charge in [-0.3, -0.25) is 9.59 Å². The first-order valence-electron chi connectivity index (χ1n) is 8.21. The Bertz CT molecular complexity index is 815. The summed E-state index contributed by atoms with van der Waals surface area (Å²) in [7, 11) is 0. The third-order valence-electron chi connectivity index (χ3n) is 5.61. The number of hydrogen-bond acceptors (Lipinski definition) is 4. The molecule has 0 unspecified atom stereocenters. The van der Waals surface area contributed by atoms with Crippen LogP contribution in [0.4, 0.5) is 5.69 Å². The Morgan fingerprint density at radius 1 is 1.00 bits per heavy atom. The van der Waals surface area contributed by atoms with E-state index in [0.29, 0.717) is 17.2 Å². The molecule has 1 aromatic carbocycles. The van der Waals surface area contributed by atoms with Crippen molar-refractivity contribution < 1.29 is 19.1 Å². The maximum absolute atomic E-state index is 13.0. The molecule has 0 spiro atoms. The fourth-order valence-electron chi connectivity index (χ4n) is 4.71. The van der Waals surface area contributed by atoms with Gasteiger partial charge >= 0.3 is 0 Å². The predicted octanol–water partition coefficient (Wildman–Crippen LogP) is 2.67. The van der Waals surface area contributed by atoms with Crippen molar-refractivity contribution in [2.24, 2.45) is 23.7 Å². The number of fused-ring (bicyclic) bond motifs is 6. The van der Waals surface area contributed by atoms with Crippen molar-refractivity contribution in [3.05, 3.63) is 41.5 Å². The molecule has 5 rings (SSSR count). The molecule has 5 heteroatoms. The van der Waals surface area contributed by atoms with Crippen LogP contribution in [0.1, 0.15) is 13.8 Å². The Morgan fingerprint density at radius 2 is 1.62 bits per heavy atom. The van der Waals surface area contributed by atoms with Crippen molar-refractivity contribution in [1.82, 2.24) is 0 Å². The summed E-state index contributed by atoms with van der Waals surface area (Å²) in [6.45, 7) is 4.30. The van der Waals surface area contributed by atoms with Gasteiger partial charge in [-0.15, -0.1) is 0 Å². The Hall–Kier alpha value is -2.56. The van der Waals surface area contributed by atoms with Crippen LogP contribution in [-0.2, 0) is 9.59 Å². The van der Waals surface area contributed by atoms with Gasteiger partial charge in [0.2, 0.25) is 18.6 Å². The van der Waals surface area contributed by atoms with Crippen LogP contribution in [0.15, 0.2) is 41.5 Å². The van der Waals surface area contributed by atoms with Crippen LogP contribution in [0.2, 0.25) is 0 Å². The number of imide groups is 1. The number of hydrogen-bond donors (Lipinski definition) is 0. The van der Waals surface area contributed by atoms with Crippen LogP contribution >= 0.6 is 0 Å². The molecule has 4 atom stereocenters. The smallest absolute Gasteiger partial charge is 0.238 e. The summed E-state index contributed by atoms with van der Waals surface area (Å²) in [4.78, 5) is 27.4. The summed E-state index contributed by atoms with van der Waals surface area (Å²) >= 11 is 0. The number of carbonyl (C=O) groups excluding carboxylic acids is 2. The van der Waals surface area contributed by atoms with Gasteiger partial charge in [0.1, 0.15) is 0 Å². The summed E-state index contributed by atoms with van der Waals surface area (Å²) in [5, 5.41) is 0. The van der Waals surface area contributed by atoms with Gasteiger partial charge in [-0.05, 0) is 26.0 Å². The third-order valence-corrected chi connectivity index (χ3v) is 5.61. The SMILES string of the molecule is CC(C)=C1[C@@H]2C=C[C@@H]1[C@H]1C(=O)N(c3ccc4c(c3)OCO4)C(=O)[C@@H]12. The monoisotopic (exact) mass is 323 g/mol. The van der Waals surface area contributed by atoms with E-state index in [4.69, 9.17) is 9.47 Å². The fourth-order valence-corrected chi connectivity index (χ4v) is 4.71. The number of nitrogens with zero attached hydrogens (tertiary/aromatic N) is 1. The summed E-state index contributed by atoms with van der Waals surface area (Å²) in [5.41, 5.74) is 3.05. The number of anilines is 1. The van der Waals surface area contributed by atoms with Gasteiger partial charge in [0.15, 0.2) is 11.5 Å². The lowest BCUT2D eigenvalue weighted by atomic mass is 9.85. The Labute approximate surface area is 139 Å². The van der Waals surface area contributed by atoms with Gasteiger partial charge in [-0.2, -0.15) is 0 Å². The summed E-state index contributed by atoms with van der Waals surface area (Å²) in [6.07, 6.45) is 4.20. The van der Waals surface area contributed by atoms with Gasteiger partial charge in [-0.25, -0.2) is 4.90 Å². The van der Waals surface area contributed by atoms with E-state index in [1.807, 2.05) is 0 Å². The first-order valence-corrected chi connectivity index (χ1v) is 8.21. The minimum absolute atomic E-state index is 0.0699. The van der Waals surface area contributed by atoms with Crippen LogP contribution in [0.3, 0.4) is 0 Å². The summed E-state index contributed by atoms with van der Waals surface area (Å²) < 4.78 is 10.7. The quantitative estimate of drug-likeness (QED) is 0.589. The summed E-state index contributed by atoms with van der Waals surface area (Å²) in [5.74, 6) is 0.647. The van der Waals surface area contributed by atoms with E-state index in [2.05, 4.69) is 26.0 Å². The van der Waals surface area contributed by atoms with Gasteiger partial charge in [0.25, 0.3) is 0 Å². The van der Waals surface area contributed by atoms with Crippen LogP contribution < -0.4 is 14.4 Å². The van der Waals surface area contributed by atoms with Crippen LogP contribution in [0.25, 0.3) is 0 Å². The number of allylic oxidation sites excluding steroid dienone is 4. The Balaban J connectivity index is 1.56. The van der Waals surface area contributed by atoms with Gasteiger partial charge in [0, 0.05) is 17.9 Å². The van der Waals surface area contributed by atoms with Crippen molar-refractivity contribution in [2.45, 2.75) is 13.8 Å². The highest BCUT2D eigenvalue weighted by atomic mass is 16.7. The van der Waals surface area contributed by atoms with Gasteiger partial charge in [0.05, 0.1) is 17.5 Å². The average Bonchev–Trinajstić information content (AvgIpc) is 3.29. The molecule has 2 amide bonds. The largest absolute Gasteiger partial charge is 0.454 e. The number of amides is 2. The molecule has 122 valence electrons. The molecule has 2 aliphatic heterocycles. The van der Waals surface area contributed by atoms with Gasteiger partial charge < -0.3 is 9.47 Å². The molecule has 0 aromatic heterocycles. The van der Waals surface area contributed by atoms with Crippen LogP contribution in [0.5, 0.6) is 11.5 Å². The number of ether oxygens (including phenoxy) is 2. The Morgan fingerprint density at radius 3 is 2.25 bits per heavy atom. The minimum Gasteiger partial charge on any atom is -0.454 e. The van der Waals surface area contributed by atoms with Crippen molar-refractivity contribution in [3.8, 4) is 11.5 Å². The highest BCUT2D eigenvalue weighted by Gasteiger charge is 2.61. The molecule has 1 saturated heterocycles. The van der Waals surface area contributed by atoms with E-state index in [0.717, 1.165) is 0 Å². The van der Waals surface area contributed by atoms with Crippen molar-refractivity contribution in [3.63, 3.8) is 0 Å². The lowest BCUT2D eigenvalue weighted by Crippen LogP contribution is -2.33. The van der Waals surface area contributed by atoms with E-state index in [1.165, 1.54) is 16.0 Å². The van der Waals surface area contributed by atoms with E-state index in [-0.39, 0.29) is 42.3 Å². The second-order valence-electron chi connectivity index (χ2n) is 6.99.